The molecule has 0 spiro atoms. The quantitative estimate of drug-likeness (QED) is 0.681. The molecule has 144 valence electrons. The number of rotatable bonds is 2. The van der Waals surface area contributed by atoms with Gasteiger partial charge < -0.3 is 14.7 Å². The molecule has 0 bridgehead atoms. The lowest BCUT2D eigenvalue weighted by Gasteiger charge is -2.44. The maximum absolute atomic E-state index is 13.1. The number of anilines is 3. The van der Waals surface area contributed by atoms with Gasteiger partial charge in [-0.05, 0) is 24.3 Å². The lowest BCUT2D eigenvalue weighted by Crippen LogP contribution is -2.51. The Hall–Kier alpha value is -3.67. The fourth-order valence-electron chi connectivity index (χ4n) is 4.06. The first-order chi connectivity index (χ1) is 14.2. The number of amides is 2. The Balaban J connectivity index is 1.55. The second-order valence-corrected chi connectivity index (χ2v) is 7.16. The molecule has 6 nitrogen and oxygen atoms in total. The van der Waals surface area contributed by atoms with Crippen molar-refractivity contribution in [2.75, 3.05) is 40.9 Å². The molecule has 0 N–H and O–H groups in total. The van der Waals surface area contributed by atoms with E-state index in [-0.39, 0.29) is 11.8 Å². The van der Waals surface area contributed by atoms with Crippen LogP contribution in [0.25, 0.3) is 0 Å². The summed E-state index contributed by atoms with van der Waals surface area (Å²) >= 11 is 0. The van der Waals surface area contributed by atoms with Crippen LogP contribution in [0, 0.1) is 0 Å². The molecule has 6 heteroatoms. The molecule has 0 saturated carbocycles. The fraction of sp³-hybridized carbons (Fsp3) is 0.174. The average Bonchev–Trinajstić information content (AvgIpc) is 2.80. The van der Waals surface area contributed by atoms with Crippen molar-refractivity contribution in [2.24, 2.45) is 0 Å². The molecule has 5 rings (SSSR count). The van der Waals surface area contributed by atoms with Crippen molar-refractivity contribution < 1.29 is 9.59 Å². The fourth-order valence-corrected chi connectivity index (χ4v) is 4.06. The van der Waals surface area contributed by atoms with Crippen molar-refractivity contribution in [1.82, 2.24) is 4.98 Å². The summed E-state index contributed by atoms with van der Waals surface area (Å²) in [7, 11) is 0. The molecule has 0 atom stereocenters. The zero-order valence-electron chi connectivity index (χ0n) is 15.9. The van der Waals surface area contributed by atoms with Crippen LogP contribution in [0.5, 0.6) is 0 Å². The van der Waals surface area contributed by atoms with Crippen LogP contribution in [0.4, 0.5) is 17.1 Å². The van der Waals surface area contributed by atoms with Crippen LogP contribution in [-0.4, -0.2) is 43.0 Å². The Morgan fingerprint density at radius 3 is 1.55 bits per heavy atom. The summed E-state index contributed by atoms with van der Waals surface area (Å²) in [5, 5.41) is 0. The molecule has 29 heavy (non-hydrogen) atoms. The van der Waals surface area contributed by atoms with Crippen LogP contribution >= 0.6 is 0 Å². The third-order valence-corrected chi connectivity index (χ3v) is 5.50. The lowest BCUT2D eigenvalue weighted by atomic mass is 10.1. The SMILES string of the molecule is O=C(c1ccccc1)N1CCN2CCN(C(=O)c3ccccc3)c3cncc1c32. The summed E-state index contributed by atoms with van der Waals surface area (Å²) < 4.78 is 0. The van der Waals surface area contributed by atoms with Crippen LogP contribution in [0.1, 0.15) is 20.7 Å². The summed E-state index contributed by atoms with van der Waals surface area (Å²) in [6, 6.07) is 18.5. The molecule has 3 heterocycles. The highest BCUT2D eigenvalue weighted by Gasteiger charge is 2.35. The summed E-state index contributed by atoms with van der Waals surface area (Å²) in [5.74, 6) is -0.0982. The Morgan fingerprint density at radius 1 is 0.655 bits per heavy atom. The van der Waals surface area contributed by atoms with Gasteiger partial charge in [0.25, 0.3) is 11.8 Å². The van der Waals surface area contributed by atoms with Gasteiger partial charge in [0.15, 0.2) is 0 Å². The van der Waals surface area contributed by atoms with Gasteiger partial charge in [-0.3, -0.25) is 14.6 Å². The van der Waals surface area contributed by atoms with E-state index in [1.165, 1.54) is 0 Å². The first kappa shape index (κ1) is 17.4. The van der Waals surface area contributed by atoms with Crippen molar-refractivity contribution in [3.05, 3.63) is 84.2 Å². The molecule has 3 aromatic rings. The summed E-state index contributed by atoms with van der Waals surface area (Å²) in [5.41, 5.74) is 3.71. The van der Waals surface area contributed by atoms with E-state index in [0.717, 1.165) is 30.2 Å². The van der Waals surface area contributed by atoms with Gasteiger partial charge in [-0.15, -0.1) is 0 Å². The monoisotopic (exact) mass is 384 g/mol. The van der Waals surface area contributed by atoms with E-state index in [9.17, 15) is 9.59 Å². The topological polar surface area (TPSA) is 56.8 Å². The number of aromatic nitrogens is 1. The Bertz CT molecular complexity index is 987. The number of carbonyl (C=O) groups is 2. The standard InChI is InChI=1S/C23H20N4O2/c28-22(17-7-3-1-4-8-17)26-13-11-25-12-14-27(20-16-24-15-19(26)21(20)25)23(29)18-9-5-2-6-10-18/h1-10,15-16H,11-14H2. The first-order valence-corrected chi connectivity index (χ1v) is 9.71. The number of hydrogen-bond donors (Lipinski definition) is 0. The largest absolute Gasteiger partial charge is 0.364 e. The van der Waals surface area contributed by atoms with Crippen LogP contribution in [0.3, 0.4) is 0 Å². The first-order valence-electron chi connectivity index (χ1n) is 9.71. The van der Waals surface area contributed by atoms with E-state index in [2.05, 4.69) is 9.88 Å². The number of nitrogens with zero attached hydrogens (tertiary/aromatic N) is 4. The highest BCUT2D eigenvalue weighted by Crippen LogP contribution is 2.43. The molecule has 0 radical (unpaired) electrons. The highest BCUT2D eigenvalue weighted by atomic mass is 16.2. The van der Waals surface area contributed by atoms with Gasteiger partial charge >= 0.3 is 0 Å². The number of hydrogen-bond acceptors (Lipinski definition) is 4. The maximum atomic E-state index is 13.1. The zero-order chi connectivity index (χ0) is 19.8. The summed E-state index contributed by atoms with van der Waals surface area (Å²) in [6.45, 7) is 2.66. The molecule has 0 fully saturated rings. The molecule has 1 aromatic heterocycles. The van der Waals surface area contributed by atoms with Crippen LogP contribution in [-0.2, 0) is 0 Å². The number of carbonyl (C=O) groups excluding carboxylic acids is 2. The molecule has 0 unspecified atom stereocenters. The summed E-state index contributed by atoms with van der Waals surface area (Å²) in [6.07, 6.45) is 3.45. The Kier molecular flexibility index (Phi) is 4.24. The molecular formula is C23H20N4O2. The van der Waals surface area contributed by atoms with Crippen molar-refractivity contribution in [2.45, 2.75) is 0 Å². The second-order valence-electron chi connectivity index (χ2n) is 7.16. The lowest BCUT2D eigenvalue weighted by molar-refractivity contribution is 0.0982. The normalized spacial score (nSPS) is 15.1. The van der Waals surface area contributed by atoms with E-state index in [1.54, 1.807) is 22.2 Å². The Morgan fingerprint density at radius 2 is 1.10 bits per heavy atom. The van der Waals surface area contributed by atoms with E-state index in [4.69, 9.17) is 0 Å². The highest BCUT2D eigenvalue weighted by molar-refractivity contribution is 6.13. The van der Waals surface area contributed by atoms with Gasteiger partial charge in [0, 0.05) is 37.3 Å². The maximum Gasteiger partial charge on any atom is 0.258 e. The van der Waals surface area contributed by atoms with Gasteiger partial charge in [-0.1, -0.05) is 36.4 Å². The molecule has 0 aliphatic carbocycles. The van der Waals surface area contributed by atoms with Gasteiger partial charge in [0.05, 0.1) is 29.5 Å². The summed E-state index contributed by atoms with van der Waals surface area (Å²) in [4.78, 5) is 36.4. The third-order valence-electron chi connectivity index (χ3n) is 5.50. The van der Waals surface area contributed by atoms with Gasteiger partial charge in [-0.2, -0.15) is 0 Å². The van der Waals surface area contributed by atoms with Crippen LogP contribution < -0.4 is 14.7 Å². The molecule has 2 aliphatic rings. The van der Waals surface area contributed by atoms with E-state index >= 15 is 0 Å². The van der Waals surface area contributed by atoms with Gasteiger partial charge in [0.2, 0.25) is 0 Å². The minimum Gasteiger partial charge on any atom is -0.364 e. The van der Waals surface area contributed by atoms with Crippen molar-refractivity contribution in [3.63, 3.8) is 0 Å². The van der Waals surface area contributed by atoms with Gasteiger partial charge in [0.1, 0.15) is 0 Å². The van der Waals surface area contributed by atoms with Crippen LogP contribution in [0.15, 0.2) is 73.1 Å². The smallest absolute Gasteiger partial charge is 0.258 e. The molecule has 2 aromatic carbocycles. The average molecular weight is 384 g/mol. The Labute approximate surface area is 169 Å². The second kappa shape index (κ2) is 7.05. The zero-order valence-corrected chi connectivity index (χ0v) is 15.9. The number of pyridine rings is 1. The van der Waals surface area contributed by atoms with Crippen LogP contribution in [0.2, 0.25) is 0 Å². The number of benzene rings is 2. The minimum atomic E-state index is -0.0491. The van der Waals surface area contributed by atoms with Crippen molar-refractivity contribution in [1.29, 1.82) is 0 Å². The van der Waals surface area contributed by atoms with E-state index in [0.29, 0.717) is 24.2 Å². The molecule has 2 amide bonds. The van der Waals surface area contributed by atoms with E-state index < -0.39 is 0 Å². The predicted molar refractivity (Wildman–Crippen MR) is 113 cm³/mol. The molecular weight excluding hydrogens is 364 g/mol. The third kappa shape index (κ3) is 2.93. The molecule has 2 aliphatic heterocycles. The predicted octanol–water partition coefficient (Wildman–Crippen LogP) is 3.21. The minimum absolute atomic E-state index is 0.0491. The van der Waals surface area contributed by atoms with E-state index in [1.807, 2.05) is 60.7 Å². The van der Waals surface area contributed by atoms with Gasteiger partial charge in [-0.25, -0.2) is 0 Å². The van der Waals surface area contributed by atoms with Crippen molar-refractivity contribution >= 4 is 28.9 Å². The molecule has 0 saturated heterocycles. The van der Waals surface area contributed by atoms with Crippen molar-refractivity contribution in [3.8, 4) is 0 Å².